The molecular weight excluding hydrogens is 594 g/mol. The highest BCUT2D eigenvalue weighted by atomic mass is 79.9. The van der Waals surface area contributed by atoms with Gasteiger partial charge in [-0.3, -0.25) is 13.9 Å². The van der Waals surface area contributed by atoms with Crippen molar-refractivity contribution in [3.8, 4) is 5.75 Å². The molecule has 0 saturated heterocycles. The topological polar surface area (TPSA) is 96.0 Å². The first-order chi connectivity index (χ1) is 18.0. The van der Waals surface area contributed by atoms with Gasteiger partial charge in [0.15, 0.2) is 0 Å². The van der Waals surface area contributed by atoms with Crippen molar-refractivity contribution >= 4 is 55.1 Å². The van der Waals surface area contributed by atoms with Gasteiger partial charge in [0.1, 0.15) is 18.3 Å². The van der Waals surface area contributed by atoms with E-state index in [1.807, 2.05) is 31.2 Å². The van der Waals surface area contributed by atoms with Gasteiger partial charge in [-0.05, 0) is 61.9 Å². The van der Waals surface area contributed by atoms with E-state index >= 15 is 0 Å². The number of nitrogens with zero attached hydrogens (tertiary/aromatic N) is 2. The summed E-state index contributed by atoms with van der Waals surface area (Å²) in [4.78, 5) is 27.8. The summed E-state index contributed by atoms with van der Waals surface area (Å²) in [5.41, 5.74) is 1.74. The zero-order valence-corrected chi connectivity index (χ0v) is 24.6. The van der Waals surface area contributed by atoms with Gasteiger partial charge in [0.2, 0.25) is 11.8 Å². The highest BCUT2D eigenvalue weighted by Crippen LogP contribution is 2.35. The molecule has 0 unspecified atom stereocenters. The number of carbonyl (C=O) groups excluding carboxylic acids is 2. The van der Waals surface area contributed by atoms with Crippen LogP contribution in [0.25, 0.3) is 0 Å². The molecule has 3 aromatic rings. The largest absolute Gasteiger partial charge is 0.495 e. The van der Waals surface area contributed by atoms with Crippen molar-refractivity contribution < 1.29 is 22.7 Å². The predicted molar refractivity (Wildman–Crippen MR) is 152 cm³/mol. The van der Waals surface area contributed by atoms with Gasteiger partial charge in [0.05, 0.1) is 17.7 Å². The first kappa shape index (κ1) is 29.5. The number of methoxy groups -OCH3 is 1. The fraction of sp³-hybridized carbons (Fsp3) is 0.259. The summed E-state index contributed by atoms with van der Waals surface area (Å²) in [5, 5.41) is 2.82. The molecule has 0 spiro atoms. The number of halogens is 2. The Balaban J connectivity index is 2.11. The molecule has 0 aliphatic rings. The van der Waals surface area contributed by atoms with Crippen LogP contribution in [0, 0.1) is 6.92 Å². The summed E-state index contributed by atoms with van der Waals surface area (Å²) < 4.78 is 35.0. The summed E-state index contributed by atoms with van der Waals surface area (Å²) in [5.74, 6) is -0.754. The summed E-state index contributed by atoms with van der Waals surface area (Å²) in [6.07, 6.45) is 0. The maximum atomic E-state index is 13.9. The smallest absolute Gasteiger partial charge is 0.264 e. The Labute approximate surface area is 236 Å². The minimum atomic E-state index is -4.24. The number of amides is 2. The van der Waals surface area contributed by atoms with Crippen molar-refractivity contribution in [1.82, 2.24) is 10.2 Å². The Morgan fingerprint density at radius 2 is 1.76 bits per heavy atom. The lowest BCUT2D eigenvalue weighted by Crippen LogP contribution is -2.50. The van der Waals surface area contributed by atoms with Crippen molar-refractivity contribution in [2.75, 3.05) is 25.0 Å². The van der Waals surface area contributed by atoms with Crippen LogP contribution in [0.5, 0.6) is 5.75 Å². The Morgan fingerprint density at radius 3 is 2.37 bits per heavy atom. The second kappa shape index (κ2) is 12.6. The van der Waals surface area contributed by atoms with E-state index in [2.05, 4.69) is 21.2 Å². The van der Waals surface area contributed by atoms with Gasteiger partial charge >= 0.3 is 0 Å². The Bertz CT molecular complexity index is 1420. The SMILES string of the molecule is CNC(=O)[C@H](C)N(Cc1cccc(Br)c1)C(=O)CN(c1cc(Cl)ccc1OC)S(=O)(=O)c1ccc(C)cc1. The number of aryl methyl sites for hydroxylation is 1. The molecule has 1 N–H and O–H groups in total. The fourth-order valence-electron chi connectivity index (χ4n) is 3.83. The zero-order valence-electron chi connectivity index (χ0n) is 21.4. The van der Waals surface area contributed by atoms with Crippen molar-refractivity contribution in [3.05, 3.63) is 87.4 Å². The van der Waals surface area contributed by atoms with Gasteiger partial charge in [-0.15, -0.1) is 0 Å². The molecule has 3 aromatic carbocycles. The summed E-state index contributed by atoms with van der Waals surface area (Å²) in [6.45, 7) is 2.92. The summed E-state index contributed by atoms with van der Waals surface area (Å²) in [6, 6.07) is 17.3. The molecule has 0 radical (unpaired) electrons. The number of carbonyl (C=O) groups is 2. The van der Waals surface area contributed by atoms with Crippen LogP contribution in [0.1, 0.15) is 18.1 Å². The van der Waals surface area contributed by atoms with Gasteiger partial charge in [-0.25, -0.2) is 8.42 Å². The summed E-state index contributed by atoms with van der Waals surface area (Å²) >= 11 is 9.66. The second-order valence-electron chi connectivity index (χ2n) is 8.58. The molecule has 0 aromatic heterocycles. The first-order valence-electron chi connectivity index (χ1n) is 11.7. The molecule has 3 rings (SSSR count). The molecule has 0 heterocycles. The van der Waals surface area contributed by atoms with E-state index in [1.165, 1.54) is 43.3 Å². The first-order valence-corrected chi connectivity index (χ1v) is 14.3. The molecule has 2 amide bonds. The van der Waals surface area contributed by atoms with Crippen LogP contribution >= 0.6 is 27.5 Å². The molecule has 8 nitrogen and oxygen atoms in total. The molecule has 0 bridgehead atoms. The van der Waals surface area contributed by atoms with Crippen LogP contribution in [0.3, 0.4) is 0 Å². The molecule has 11 heteroatoms. The Morgan fingerprint density at radius 1 is 1.08 bits per heavy atom. The minimum absolute atomic E-state index is 0.00387. The van der Waals surface area contributed by atoms with Crippen molar-refractivity contribution in [2.45, 2.75) is 31.3 Å². The third-order valence-electron chi connectivity index (χ3n) is 5.95. The Kier molecular flexibility index (Phi) is 9.81. The quantitative estimate of drug-likeness (QED) is 0.351. The van der Waals surface area contributed by atoms with Crippen LogP contribution < -0.4 is 14.4 Å². The molecule has 0 saturated carbocycles. The van der Waals surface area contributed by atoms with E-state index in [0.717, 1.165) is 19.9 Å². The maximum Gasteiger partial charge on any atom is 0.264 e. The monoisotopic (exact) mass is 621 g/mol. The van der Waals surface area contributed by atoms with Crippen molar-refractivity contribution in [3.63, 3.8) is 0 Å². The lowest BCUT2D eigenvalue weighted by Gasteiger charge is -2.32. The highest BCUT2D eigenvalue weighted by Gasteiger charge is 2.33. The Hall–Kier alpha value is -3.08. The molecule has 38 heavy (non-hydrogen) atoms. The number of nitrogens with one attached hydrogen (secondary N) is 1. The van der Waals surface area contributed by atoms with E-state index in [9.17, 15) is 18.0 Å². The molecule has 0 aliphatic carbocycles. The van der Waals surface area contributed by atoms with Crippen LogP contribution in [0.15, 0.2) is 76.1 Å². The number of benzene rings is 3. The van der Waals surface area contributed by atoms with Gasteiger partial charge < -0.3 is 15.0 Å². The van der Waals surface area contributed by atoms with E-state index < -0.39 is 28.5 Å². The summed E-state index contributed by atoms with van der Waals surface area (Å²) in [7, 11) is -1.36. The molecule has 0 fully saturated rings. The van der Waals surface area contributed by atoms with E-state index in [0.29, 0.717) is 0 Å². The van der Waals surface area contributed by atoms with Crippen LogP contribution in [0.2, 0.25) is 5.02 Å². The number of likely N-dealkylation sites (N-methyl/N-ethyl adjacent to an activating group) is 1. The molecule has 0 aliphatic heterocycles. The lowest BCUT2D eigenvalue weighted by molar-refractivity contribution is -0.139. The standard InChI is InChI=1S/C27H29BrClN3O5S/c1-18-8-11-23(12-9-18)38(35,36)32(24-15-22(29)10-13-25(24)37-4)17-26(33)31(19(2)27(34)30-3)16-20-6-5-7-21(28)14-20/h5-15,19H,16-17H2,1-4H3,(H,30,34)/t19-/m0/s1. The number of ether oxygens (including phenoxy) is 1. The van der Waals surface area contributed by atoms with Crippen LogP contribution in [-0.2, 0) is 26.2 Å². The zero-order chi connectivity index (χ0) is 28.0. The normalized spacial score (nSPS) is 11.9. The van der Waals surface area contributed by atoms with Crippen LogP contribution in [0.4, 0.5) is 5.69 Å². The molecule has 1 atom stereocenters. The van der Waals surface area contributed by atoms with E-state index in [4.69, 9.17) is 16.3 Å². The van der Waals surface area contributed by atoms with Gasteiger partial charge in [0, 0.05) is 23.1 Å². The number of rotatable bonds is 10. The number of hydrogen-bond donors (Lipinski definition) is 1. The number of anilines is 1. The third kappa shape index (κ3) is 6.86. The predicted octanol–water partition coefficient (Wildman–Crippen LogP) is 4.78. The van der Waals surface area contributed by atoms with Crippen LogP contribution in [-0.4, -0.2) is 51.9 Å². The van der Waals surface area contributed by atoms with Gasteiger partial charge in [-0.1, -0.05) is 57.4 Å². The maximum absolute atomic E-state index is 13.9. The second-order valence-corrected chi connectivity index (χ2v) is 11.8. The van der Waals surface area contributed by atoms with Crippen molar-refractivity contribution in [1.29, 1.82) is 0 Å². The molecular formula is C27H29BrClN3O5S. The minimum Gasteiger partial charge on any atom is -0.495 e. The average Bonchev–Trinajstić information content (AvgIpc) is 2.89. The molecule has 202 valence electrons. The highest BCUT2D eigenvalue weighted by molar-refractivity contribution is 9.10. The van der Waals surface area contributed by atoms with E-state index in [-0.39, 0.29) is 33.8 Å². The van der Waals surface area contributed by atoms with Crippen molar-refractivity contribution in [2.24, 2.45) is 0 Å². The lowest BCUT2D eigenvalue weighted by atomic mass is 10.1. The fourth-order valence-corrected chi connectivity index (χ4v) is 5.86. The van der Waals surface area contributed by atoms with Gasteiger partial charge in [-0.2, -0.15) is 0 Å². The average molecular weight is 623 g/mol. The van der Waals surface area contributed by atoms with E-state index in [1.54, 1.807) is 25.1 Å². The number of hydrogen-bond acceptors (Lipinski definition) is 5. The number of sulfonamides is 1. The third-order valence-corrected chi connectivity index (χ3v) is 8.46. The van der Waals surface area contributed by atoms with Gasteiger partial charge in [0.25, 0.3) is 10.0 Å².